The summed E-state index contributed by atoms with van der Waals surface area (Å²) in [6.45, 7) is 0. The number of halogens is 4. The third-order valence-corrected chi connectivity index (χ3v) is 2.72. The zero-order valence-electron chi connectivity index (χ0n) is 11.8. The van der Waals surface area contributed by atoms with Crippen LogP contribution in [0, 0.1) is 0 Å². The Labute approximate surface area is 140 Å². The van der Waals surface area contributed by atoms with Crippen molar-refractivity contribution in [3.63, 3.8) is 0 Å². The number of ether oxygens (including phenoxy) is 1. The van der Waals surface area contributed by atoms with Gasteiger partial charge in [0.1, 0.15) is 5.75 Å². The quantitative estimate of drug-likeness (QED) is 0.864. The van der Waals surface area contributed by atoms with Crippen LogP contribution < -0.4 is 10.1 Å². The van der Waals surface area contributed by atoms with Crippen LogP contribution in [0.5, 0.6) is 5.75 Å². The second-order valence-corrected chi connectivity index (χ2v) is 4.41. The van der Waals surface area contributed by atoms with Gasteiger partial charge in [0.05, 0.1) is 5.56 Å². The molecule has 0 aliphatic carbocycles. The molecule has 0 heterocycles. The first kappa shape index (κ1) is 19.3. The standard InChI is InChI=1S/C15H10F3NO4.ClH/c16-15(17,18)23-12-6-4-9(5-7-12)13(20)19-11-3-1-2-10(8-11)14(21)22;/h1-8H,(H,19,20)(H,21,22);1H. The Bertz CT molecular complexity index is 732. The summed E-state index contributed by atoms with van der Waals surface area (Å²) < 4.78 is 39.8. The molecule has 0 saturated heterocycles. The lowest BCUT2D eigenvalue weighted by molar-refractivity contribution is -0.274. The highest BCUT2D eigenvalue weighted by atomic mass is 35.5. The minimum absolute atomic E-state index is 0. The summed E-state index contributed by atoms with van der Waals surface area (Å²) in [5.41, 5.74) is 0.350. The van der Waals surface area contributed by atoms with E-state index in [-0.39, 0.29) is 29.2 Å². The fraction of sp³-hybridized carbons (Fsp3) is 0.0667. The van der Waals surface area contributed by atoms with Gasteiger partial charge < -0.3 is 15.2 Å². The van der Waals surface area contributed by atoms with Crippen LogP contribution in [0.3, 0.4) is 0 Å². The fourth-order valence-corrected chi connectivity index (χ4v) is 1.74. The summed E-state index contributed by atoms with van der Waals surface area (Å²) in [4.78, 5) is 22.8. The number of carboxylic acids is 1. The average molecular weight is 362 g/mol. The topological polar surface area (TPSA) is 75.6 Å². The van der Waals surface area contributed by atoms with E-state index in [1.54, 1.807) is 0 Å². The molecule has 0 unspecified atom stereocenters. The summed E-state index contributed by atoms with van der Waals surface area (Å²) in [6, 6.07) is 9.93. The number of amides is 1. The molecule has 0 aromatic heterocycles. The molecule has 2 aromatic carbocycles. The third kappa shape index (κ3) is 5.47. The molecular formula is C15H11ClF3NO4. The summed E-state index contributed by atoms with van der Waals surface area (Å²) >= 11 is 0. The zero-order valence-corrected chi connectivity index (χ0v) is 12.6. The Hall–Kier alpha value is -2.74. The van der Waals surface area contributed by atoms with Gasteiger partial charge in [0.2, 0.25) is 0 Å². The van der Waals surface area contributed by atoms with E-state index in [9.17, 15) is 22.8 Å². The molecule has 5 nitrogen and oxygen atoms in total. The Kier molecular flexibility index (Phi) is 6.19. The molecule has 2 rings (SSSR count). The van der Waals surface area contributed by atoms with Gasteiger partial charge in [-0.25, -0.2) is 4.79 Å². The lowest BCUT2D eigenvalue weighted by atomic mass is 10.1. The number of hydrogen-bond acceptors (Lipinski definition) is 3. The third-order valence-electron chi connectivity index (χ3n) is 2.72. The van der Waals surface area contributed by atoms with Crippen LogP contribution in [0.4, 0.5) is 18.9 Å². The summed E-state index contributed by atoms with van der Waals surface area (Å²) in [5.74, 6) is -2.18. The second-order valence-electron chi connectivity index (χ2n) is 4.41. The average Bonchev–Trinajstić information content (AvgIpc) is 2.46. The van der Waals surface area contributed by atoms with Crippen molar-refractivity contribution < 1.29 is 32.6 Å². The Morgan fingerprint density at radius 3 is 2.17 bits per heavy atom. The molecule has 0 bridgehead atoms. The van der Waals surface area contributed by atoms with Crippen LogP contribution >= 0.6 is 12.4 Å². The largest absolute Gasteiger partial charge is 0.573 e. The van der Waals surface area contributed by atoms with Gasteiger partial charge in [0.15, 0.2) is 0 Å². The molecule has 9 heteroatoms. The first-order valence-electron chi connectivity index (χ1n) is 6.25. The van der Waals surface area contributed by atoms with Crippen LogP contribution in [-0.2, 0) is 0 Å². The van der Waals surface area contributed by atoms with E-state index in [0.29, 0.717) is 0 Å². The fourth-order valence-electron chi connectivity index (χ4n) is 1.74. The van der Waals surface area contributed by atoms with E-state index in [1.165, 1.54) is 24.3 Å². The second kappa shape index (κ2) is 7.69. The SMILES string of the molecule is Cl.O=C(O)c1cccc(NC(=O)c2ccc(OC(F)(F)F)cc2)c1. The van der Waals surface area contributed by atoms with Gasteiger partial charge in [0.25, 0.3) is 5.91 Å². The van der Waals surface area contributed by atoms with Crippen molar-refractivity contribution in [2.45, 2.75) is 6.36 Å². The number of rotatable bonds is 4. The number of carbonyl (C=O) groups excluding carboxylic acids is 1. The van der Waals surface area contributed by atoms with Gasteiger partial charge in [-0.1, -0.05) is 6.07 Å². The van der Waals surface area contributed by atoms with E-state index in [4.69, 9.17) is 5.11 Å². The first-order valence-corrected chi connectivity index (χ1v) is 6.25. The number of hydrogen-bond donors (Lipinski definition) is 2. The summed E-state index contributed by atoms with van der Waals surface area (Å²) in [7, 11) is 0. The van der Waals surface area contributed by atoms with Gasteiger partial charge in [-0.3, -0.25) is 4.79 Å². The van der Waals surface area contributed by atoms with Crippen LogP contribution in [0.15, 0.2) is 48.5 Å². The van der Waals surface area contributed by atoms with Crippen molar-refractivity contribution >= 4 is 30.0 Å². The number of carboxylic acid groups (broad SMARTS) is 1. The molecule has 0 radical (unpaired) electrons. The maximum Gasteiger partial charge on any atom is 0.573 e. The molecule has 2 N–H and O–H groups in total. The van der Waals surface area contributed by atoms with Crippen LogP contribution in [-0.4, -0.2) is 23.3 Å². The highest BCUT2D eigenvalue weighted by molar-refractivity contribution is 6.04. The maximum absolute atomic E-state index is 12.0. The number of carbonyl (C=O) groups is 2. The van der Waals surface area contributed by atoms with Crippen molar-refractivity contribution in [1.29, 1.82) is 0 Å². The highest BCUT2D eigenvalue weighted by Crippen LogP contribution is 2.23. The molecule has 1 amide bonds. The van der Waals surface area contributed by atoms with Gasteiger partial charge in [0, 0.05) is 11.3 Å². The van der Waals surface area contributed by atoms with Crippen LogP contribution in [0.1, 0.15) is 20.7 Å². The molecule has 2 aromatic rings. The molecule has 0 saturated carbocycles. The molecular weight excluding hydrogens is 351 g/mol. The summed E-state index contributed by atoms with van der Waals surface area (Å²) in [5, 5.41) is 11.3. The van der Waals surface area contributed by atoms with Crippen molar-refractivity contribution in [1.82, 2.24) is 0 Å². The first-order chi connectivity index (χ1) is 10.7. The maximum atomic E-state index is 12.0. The molecule has 0 aliphatic rings. The van der Waals surface area contributed by atoms with Crippen molar-refractivity contribution in [2.75, 3.05) is 5.32 Å². The van der Waals surface area contributed by atoms with Gasteiger partial charge in [-0.2, -0.15) is 0 Å². The molecule has 0 fully saturated rings. The number of aromatic carboxylic acids is 1. The molecule has 0 spiro atoms. The predicted octanol–water partition coefficient (Wildman–Crippen LogP) is 3.96. The Balaban J connectivity index is 0.00000288. The monoisotopic (exact) mass is 361 g/mol. The number of nitrogens with one attached hydrogen (secondary N) is 1. The van der Waals surface area contributed by atoms with Gasteiger partial charge >= 0.3 is 12.3 Å². The van der Waals surface area contributed by atoms with Crippen molar-refractivity contribution in [2.24, 2.45) is 0 Å². The zero-order chi connectivity index (χ0) is 17.0. The molecule has 24 heavy (non-hydrogen) atoms. The van der Waals surface area contributed by atoms with E-state index in [2.05, 4.69) is 10.1 Å². The van der Waals surface area contributed by atoms with E-state index in [1.807, 2.05) is 0 Å². The van der Waals surface area contributed by atoms with E-state index >= 15 is 0 Å². The van der Waals surface area contributed by atoms with Gasteiger partial charge in [-0.15, -0.1) is 25.6 Å². The van der Waals surface area contributed by atoms with Crippen molar-refractivity contribution in [3.05, 3.63) is 59.7 Å². The number of alkyl halides is 3. The minimum atomic E-state index is -4.80. The normalized spacial score (nSPS) is 10.5. The lowest BCUT2D eigenvalue weighted by Crippen LogP contribution is -2.17. The number of anilines is 1. The minimum Gasteiger partial charge on any atom is -0.478 e. The smallest absolute Gasteiger partial charge is 0.478 e. The van der Waals surface area contributed by atoms with E-state index < -0.39 is 24.0 Å². The Morgan fingerprint density at radius 2 is 1.62 bits per heavy atom. The van der Waals surface area contributed by atoms with Gasteiger partial charge in [-0.05, 0) is 42.5 Å². The predicted molar refractivity (Wildman–Crippen MR) is 81.7 cm³/mol. The van der Waals surface area contributed by atoms with Crippen molar-refractivity contribution in [3.8, 4) is 5.75 Å². The lowest BCUT2D eigenvalue weighted by Gasteiger charge is -2.09. The molecule has 0 aliphatic heterocycles. The van der Waals surface area contributed by atoms with Crippen LogP contribution in [0.25, 0.3) is 0 Å². The molecule has 0 atom stereocenters. The Morgan fingerprint density at radius 1 is 1.00 bits per heavy atom. The van der Waals surface area contributed by atoms with Crippen LogP contribution in [0.2, 0.25) is 0 Å². The molecule has 128 valence electrons. The highest BCUT2D eigenvalue weighted by Gasteiger charge is 2.31. The number of benzene rings is 2. The summed E-state index contributed by atoms with van der Waals surface area (Å²) in [6.07, 6.45) is -4.80. The van der Waals surface area contributed by atoms with E-state index in [0.717, 1.165) is 24.3 Å².